The lowest BCUT2D eigenvalue weighted by molar-refractivity contribution is 0.805. The molecule has 0 aliphatic rings. The van der Waals surface area contributed by atoms with Gasteiger partial charge in [-0.1, -0.05) is 34.8 Å². The molecule has 0 aliphatic carbocycles. The highest BCUT2D eigenvalue weighted by Crippen LogP contribution is 2.19. The van der Waals surface area contributed by atoms with Gasteiger partial charge in [0.1, 0.15) is 5.15 Å². The Morgan fingerprint density at radius 3 is 2.60 bits per heavy atom. The molecular weight excluding hydrogens is 262 g/mol. The first-order chi connectivity index (χ1) is 7.08. The number of hydrogen-bond donors (Lipinski definition) is 1. The number of nitrogens with zero attached hydrogens (tertiary/aromatic N) is 3. The van der Waals surface area contributed by atoms with Gasteiger partial charge in [-0.15, -0.1) is 0 Å². The van der Waals surface area contributed by atoms with Gasteiger partial charge in [0.25, 0.3) is 0 Å². The zero-order valence-corrected chi connectivity index (χ0v) is 9.31. The monoisotopic (exact) mass is 264 g/mol. The Morgan fingerprint density at radius 1 is 1.33 bits per heavy atom. The molecule has 2 aromatic heterocycles. The van der Waals surface area contributed by atoms with Gasteiger partial charge in [-0.2, -0.15) is 10.2 Å². The molecule has 1 N–H and O–H groups in total. The molecule has 0 atom stereocenters. The second-order valence-electron chi connectivity index (χ2n) is 2.62. The van der Waals surface area contributed by atoms with Crippen LogP contribution in [0.15, 0.2) is 17.1 Å². The molecule has 0 aliphatic heterocycles. The van der Waals surface area contributed by atoms with Gasteiger partial charge < -0.3 is 0 Å². The van der Waals surface area contributed by atoms with E-state index in [2.05, 4.69) is 15.3 Å². The van der Waals surface area contributed by atoms with Gasteiger partial charge in [0.15, 0.2) is 5.15 Å². The second kappa shape index (κ2) is 3.84. The average molecular weight is 265 g/mol. The summed E-state index contributed by atoms with van der Waals surface area (Å²) < 4.78 is 1.18. The highest BCUT2D eigenvalue weighted by atomic mass is 35.5. The van der Waals surface area contributed by atoms with Crippen molar-refractivity contribution in [1.29, 1.82) is 0 Å². The van der Waals surface area contributed by atoms with E-state index in [1.165, 1.54) is 16.9 Å². The van der Waals surface area contributed by atoms with Crippen molar-refractivity contribution in [3.8, 4) is 5.82 Å². The van der Waals surface area contributed by atoms with E-state index >= 15 is 0 Å². The summed E-state index contributed by atoms with van der Waals surface area (Å²) in [5.41, 5.74) is -0.380. The summed E-state index contributed by atoms with van der Waals surface area (Å²) in [5.74, 6) is 0.0493. The van der Waals surface area contributed by atoms with E-state index in [4.69, 9.17) is 34.8 Å². The SMILES string of the molecule is O=c1cc(Cl)[nH]nc1-n1cc(Cl)c(Cl)n1. The minimum atomic E-state index is -0.380. The summed E-state index contributed by atoms with van der Waals surface area (Å²) in [7, 11) is 0. The molecule has 2 heterocycles. The molecule has 0 saturated carbocycles. The molecule has 0 amide bonds. The van der Waals surface area contributed by atoms with E-state index in [-0.39, 0.29) is 26.6 Å². The van der Waals surface area contributed by atoms with Crippen LogP contribution >= 0.6 is 34.8 Å². The average Bonchev–Trinajstić information content (AvgIpc) is 2.46. The molecule has 0 radical (unpaired) electrons. The van der Waals surface area contributed by atoms with Crippen LogP contribution < -0.4 is 5.43 Å². The fraction of sp³-hybridized carbons (Fsp3) is 0. The maximum atomic E-state index is 11.4. The Hall–Kier alpha value is -1.04. The summed E-state index contributed by atoms with van der Waals surface area (Å²) in [6.07, 6.45) is 1.38. The number of rotatable bonds is 1. The van der Waals surface area contributed by atoms with Crippen LogP contribution in [0.4, 0.5) is 0 Å². The first kappa shape index (κ1) is 10.5. The standard InChI is InChI=1S/C7H3Cl3N4O/c8-3-2-14(13-6(3)10)7-4(15)1-5(9)11-12-7/h1-2H,(H,11,15). The smallest absolute Gasteiger partial charge is 0.227 e. The van der Waals surface area contributed by atoms with Crippen LogP contribution in [-0.2, 0) is 0 Å². The summed E-state index contributed by atoms with van der Waals surface area (Å²) >= 11 is 16.9. The number of aromatic nitrogens is 4. The Bertz CT molecular complexity index is 542. The van der Waals surface area contributed by atoms with Crippen molar-refractivity contribution < 1.29 is 0 Å². The number of hydrogen-bond acceptors (Lipinski definition) is 3. The first-order valence-corrected chi connectivity index (χ1v) is 4.87. The third kappa shape index (κ3) is 1.99. The van der Waals surface area contributed by atoms with Gasteiger partial charge in [-0.3, -0.25) is 9.89 Å². The molecule has 0 bridgehead atoms. The van der Waals surface area contributed by atoms with E-state index < -0.39 is 0 Å². The Morgan fingerprint density at radius 2 is 2.07 bits per heavy atom. The molecule has 2 aromatic rings. The molecular formula is C7H3Cl3N4O. The number of halogens is 3. The molecule has 8 heteroatoms. The lowest BCUT2D eigenvalue weighted by Gasteiger charge is -1.97. The zero-order chi connectivity index (χ0) is 11.0. The van der Waals surface area contributed by atoms with E-state index in [1.54, 1.807) is 0 Å². The third-order valence-corrected chi connectivity index (χ3v) is 2.44. The van der Waals surface area contributed by atoms with Crippen LogP contribution in [0.2, 0.25) is 15.3 Å². The van der Waals surface area contributed by atoms with Crippen molar-refractivity contribution in [2.45, 2.75) is 0 Å². The van der Waals surface area contributed by atoms with Crippen molar-refractivity contribution in [2.24, 2.45) is 0 Å². The van der Waals surface area contributed by atoms with Crippen molar-refractivity contribution >= 4 is 34.8 Å². The summed E-state index contributed by atoms with van der Waals surface area (Å²) in [5, 5.41) is 10.4. The van der Waals surface area contributed by atoms with Gasteiger partial charge in [-0.25, -0.2) is 4.68 Å². The van der Waals surface area contributed by atoms with E-state index in [0.717, 1.165) is 0 Å². The predicted octanol–water partition coefficient (Wildman–Crippen LogP) is 1.92. The Balaban J connectivity index is 2.59. The fourth-order valence-electron chi connectivity index (χ4n) is 0.978. The number of aromatic amines is 1. The van der Waals surface area contributed by atoms with Crippen molar-refractivity contribution in [3.05, 3.63) is 37.8 Å². The normalized spacial score (nSPS) is 10.6. The summed E-state index contributed by atoms with van der Waals surface area (Å²) in [4.78, 5) is 11.4. The highest BCUT2D eigenvalue weighted by Gasteiger charge is 2.09. The molecule has 0 unspecified atom stereocenters. The van der Waals surface area contributed by atoms with Crippen molar-refractivity contribution in [3.63, 3.8) is 0 Å². The van der Waals surface area contributed by atoms with Crippen LogP contribution in [0.1, 0.15) is 0 Å². The lowest BCUT2D eigenvalue weighted by Crippen LogP contribution is -2.14. The molecule has 0 saturated heterocycles. The maximum Gasteiger partial charge on any atom is 0.227 e. The van der Waals surface area contributed by atoms with Crippen LogP contribution in [0.3, 0.4) is 0 Å². The maximum absolute atomic E-state index is 11.4. The van der Waals surface area contributed by atoms with Gasteiger partial charge in [0.05, 0.1) is 11.2 Å². The molecule has 0 spiro atoms. The number of H-pyrrole nitrogens is 1. The van der Waals surface area contributed by atoms with E-state index in [0.29, 0.717) is 0 Å². The minimum absolute atomic E-state index is 0.0493. The summed E-state index contributed by atoms with van der Waals surface area (Å²) in [6.45, 7) is 0. The minimum Gasteiger partial charge on any atom is -0.286 e. The van der Waals surface area contributed by atoms with Crippen LogP contribution in [-0.4, -0.2) is 20.0 Å². The van der Waals surface area contributed by atoms with Crippen LogP contribution in [0.25, 0.3) is 5.82 Å². The quantitative estimate of drug-likeness (QED) is 0.857. The molecule has 0 fully saturated rings. The zero-order valence-electron chi connectivity index (χ0n) is 7.04. The predicted molar refractivity (Wildman–Crippen MR) is 57.0 cm³/mol. The molecule has 2 rings (SSSR count). The lowest BCUT2D eigenvalue weighted by atomic mass is 10.5. The molecule has 78 valence electrons. The summed E-state index contributed by atoms with van der Waals surface area (Å²) in [6, 6.07) is 1.19. The highest BCUT2D eigenvalue weighted by molar-refractivity contribution is 6.41. The number of nitrogens with one attached hydrogen (secondary N) is 1. The van der Waals surface area contributed by atoms with Crippen molar-refractivity contribution in [2.75, 3.05) is 0 Å². The molecule has 0 aromatic carbocycles. The fourth-order valence-corrected chi connectivity index (χ4v) is 1.38. The Kier molecular flexibility index (Phi) is 2.68. The van der Waals surface area contributed by atoms with Crippen molar-refractivity contribution in [1.82, 2.24) is 20.0 Å². The van der Waals surface area contributed by atoms with Gasteiger partial charge in [0.2, 0.25) is 11.2 Å². The largest absolute Gasteiger partial charge is 0.286 e. The van der Waals surface area contributed by atoms with Crippen LogP contribution in [0, 0.1) is 0 Å². The van der Waals surface area contributed by atoms with E-state index in [9.17, 15) is 4.79 Å². The third-order valence-electron chi connectivity index (χ3n) is 1.59. The van der Waals surface area contributed by atoms with Crippen LogP contribution in [0.5, 0.6) is 0 Å². The molecule has 5 nitrogen and oxygen atoms in total. The van der Waals surface area contributed by atoms with Gasteiger partial charge in [0, 0.05) is 6.07 Å². The van der Waals surface area contributed by atoms with Gasteiger partial charge >= 0.3 is 0 Å². The molecule has 15 heavy (non-hydrogen) atoms. The van der Waals surface area contributed by atoms with E-state index in [1.807, 2.05) is 0 Å². The topological polar surface area (TPSA) is 63.6 Å². The first-order valence-electron chi connectivity index (χ1n) is 3.74. The van der Waals surface area contributed by atoms with Gasteiger partial charge in [-0.05, 0) is 0 Å². The Labute approximate surface area is 98.6 Å². The second-order valence-corrected chi connectivity index (χ2v) is 3.79.